The minimum atomic E-state index is -1.04. The maximum Gasteiger partial charge on any atom is 0.275 e. The molecule has 2 heterocycles. The summed E-state index contributed by atoms with van der Waals surface area (Å²) in [7, 11) is 0. The first-order valence-corrected chi connectivity index (χ1v) is 13.3. The maximum absolute atomic E-state index is 13.2. The van der Waals surface area contributed by atoms with Crippen LogP contribution in [0.15, 0.2) is 53.9 Å². The summed E-state index contributed by atoms with van der Waals surface area (Å²) in [4.78, 5) is 32.4. The molecule has 9 heteroatoms. The lowest BCUT2D eigenvalue weighted by Crippen LogP contribution is -2.51. The minimum absolute atomic E-state index is 0.0759. The van der Waals surface area contributed by atoms with E-state index in [1.54, 1.807) is 37.4 Å². The van der Waals surface area contributed by atoms with Crippen molar-refractivity contribution in [3.05, 3.63) is 69.6 Å². The highest BCUT2D eigenvalue weighted by Gasteiger charge is 2.37. The molecule has 0 unspecified atom stereocenters. The number of aromatic nitrogens is 1. The Morgan fingerprint density at radius 2 is 1.78 bits per heavy atom. The zero-order valence-electron chi connectivity index (χ0n) is 20.6. The van der Waals surface area contributed by atoms with E-state index >= 15 is 0 Å². The number of hydrogen-bond donors (Lipinski definition) is 1. The fraction of sp³-hybridized carbons (Fsp3) is 0.370. The molecular formula is C27H30ClN3O4S. The Morgan fingerprint density at radius 3 is 2.47 bits per heavy atom. The summed E-state index contributed by atoms with van der Waals surface area (Å²) in [5, 5.41) is 6.07. The fourth-order valence-electron chi connectivity index (χ4n) is 4.17. The van der Waals surface area contributed by atoms with Crippen molar-refractivity contribution in [2.45, 2.75) is 45.1 Å². The molecule has 0 spiro atoms. The number of halogens is 1. The molecule has 7 nitrogen and oxygen atoms in total. The van der Waals surface area contributed by atoms with E-state index < -0.39 is 5.60 Å². The Hall–Kier alpha value is -3.10. The monoisotopic (exact) mass is 527 g/mol. The van der Waals surface area contributed by atoms with Crippen LogP contribution in [-0.2, 0) is 4.79 Å². The highest BCUT2D eigenvalue weighted by Crippen LogP contribution is 2.33. The molecule has 1 saturated heterocycles. The first-order valence-electron chi connectivity index (χ1n) is 12.0. The lowest BCUT2D eigenvalue weighted by molar-refractivity contribution is -0.146. The van der Waals surface area contributed by atoms with Gasteiger partial charge in [0.25, 0.3) is 11.8 Å². The molecule has 0 aliphatic carbocycles. The zero-order chi connectivity index (χ0) is 25.7. The Balaban J connectivity index is 1.34. The molecule has 4 rings (SSSR count). The van der Waals surface area contributed by atoms with Crippen LogP contribution in [0.3, 0.4) is 0 Å². The Labute approximate surface area is 220 Å². The number of nitrogens with zero attached hydrogens (tertiary/aromatic N) is 2. The number of para-hydroxylation sites is 3. The molecule has 0 bridgehead atoms. The van der Waals surface area contributed by atoms with E-state index in [-0.39, 0.29) is 17.7 Å². The van der Waals surface area contributed by atoms with Gasteiger partial charge in [0.2, 0.25) is 0 Å². The molecule has 1 aliphatic heterocycles. The number of benzene rings is 2. The highest BCUT2D eigenvalue weighted by atomic mass is 35.5. The van der Waals surface area contributed by atoms with Crippen molar-refractivity contribution in [2.24, 2.45) is 0 Å². The number of amides is 2. The summed E-state index contributed by atoms with van der Waals surface area (Å²) < 4.78 is 11.6. The number of nitrogens with one attached hydrogen (secondary N) is 1. The summed E-state index contributed by atoms with van der Waals surface area (Å²) in [5.74, 6) is 0.972. The van der Waals surface area contributed by atoms with Gasteiger partial charge in [-0.3, -0.25) is 9.59 Å². The van der Waals surface area contributed by atoms with Crippen molar-refractivity contribution in [2.75, 3.05) is 25.0 Å². The van der Waals surface area contributed by atoms with Gasteiger partial charge < -0.3 is 19.7 Å². The van der Waals surface area contributed by atoms with E-state index in [9.17, 15) is 9.59 Å². The van der Waals surface area contributed by atoms with Crippen molar-refractivity contribution in [3.63, 3.8) is 0 Å². The number of hydrogen-bond acceptors (Lipinski definition) is 6. The van der Waals surface area contributed by atoms with Gasteiger partial charge in [-0.1, -0.05) is 35.9 Å². The summed E-state index contributed by atoms with van der Waals surface area (Å²) in [6.45, 7) is 7.14. The van der Waals surface area contributed by atoms with Crippen LogP contribution in [0.5, 0.6) is 11.5 Å². The molecule has 1 N–H and O–H groups in total. The molecule has 36 heavy (non-hydrogen) atoms. The van der Waals surface area contributed by atoms with Gasteiger partial charge in [-0.15, -0.1) is 11.3 Å². The lowest BCUT2D eigenvalue weighted by Gasteiger charge is -2.36. The second kappa shape index (κ2) is 11.3. The van der Waals surface area contributed by atoms with E-state index in [0.717, 1.165) is 17.8 Å². The molecule has 190 valence electrons. The number of thiazole rings is 1. The van der Waals surface area contributed by atoms with Gasteiger partial charge in [0, 0.05) is 24.4 Å². The van der Waals surface area contributed by atoms with Crippen LogP contribution < -0.4 is 14.8 Å². The molecule has 1 aliphatic rings. The standard InChI is InChI=1S/C27H30ClN3O4S/c1-4-34-23-12-8-6-10-20(23)29-24(32)21-17-36-25(30-21)18-13-15-31(16-14-18)26(33)27(2,3)35-22-11-7-5-9-19(22)28/h5-12,17-18H,4,13-16H2,1-3H3,(H,29,32). The van der Waals surface area contributed by atoms with Gasteiger partial charge in [0.05, 0.1) is 22.3 Å². The van der Waals surface area contributed by atoms with Gasteiger partial charge in [0.15, 0.2) is 5.60 Å². The highest BCUT2D eigenvalue weighted by molar-refractivity contribution is 7.10. The van der Waals surface area contributed by atoms with Crippen LogP contribution in [0, 0.1) is 0 Å². The predicted molar refractivity (Wildman–Crippen MR) is 142 cm³/mol. The molecule has 3 aromatic rings. The first kappa shape index (κ1) is 26.0. The molecule has 0 atom stereocenters. The van der Waals surface area contributed by atoms with Crippen molar-refractivity contribution in [1.29, 1.82) is 0 Å². The minimum Gasteiger partial charge on any atom is -0.492 e. The van der Waals surface area contributed by atoms with E-state index in [1.807, 2.05) is 42.2 Å². The molecule has 1 aromatic heterocycles. The quantitative estimate of drug-likeness (QED) is 0.388. The Bertz CT molecular complexity index is 1220. The number of carbonyl (C=O) groups is 2. The number of carbonyl (C=O) groups excluding carboxylic acids is 2. The van der Waals surface area contributed by atoms with Gasteiger partial charge in [-0.25, -0.2) is 4.98 Å². The largest absolute Gasteiger partial charge is 0.492 e. The molecular weight excluding hydrogens is 498 g/mol. The SMILES string of the molecule is CCOc1ccccc1NC(=O)c1csc(C2CCN(C(=O)C(C)(C)Oc3ccccc3Cl)CC2)n1. The normalized spacial score (nSPS) is 14.4. The van der Waals surface area contributed by atoms with E-state index in [4.69, 9.17) is 21.1 Å². The van der Waals surface area contributed by atoms with Gasteiger partial charge in [-0.2, -0.15) is 0 Å². The summed E-state index contributed by atoms with van der Waals surface area (Å²) in [6.07, 6.45) is 1.55. The van der Waals surface area contributed by atoms with E-state index in [0.29, 0.717) is 47.6 Å². The Morgan fingerprint density at radius 1 is 1.11 bits per heavy atom. The predicted octanol–water partition coefficient (Wildman–Crippen LogP) is 6.01. The molecule has 0 radical (unpaired) electrons. The fourth-order valence-corrected chi connectivity index (χ4v) is 5.32. The summed E-state index contributed by atoms with van der Waals surface area (Å²) in [5.41, 5.74) is -0.0383. The average Bonchev–Trinajstić information content (AvgIpc) is 3.37. The zero-order valence-corrected chi connectivity index (χ0v) is 22.2. The van der Waals surface area contributed by atoms with Crippen molar-refractivity contribution < 1.29 is 19.1 Å². The number of anilines is 1. The third-order valence-electron chi connectivity index (χ3n) is 6.04. The lowest BCUT2D eigenvalue weighted by atomic mass is 9.96. The molecule has 2 amide bonds. The van der Waals surface area contributed by atoms with Gasteiger partial charge in [0.1, 0.15) is 17.2 Å². The van der Waals surface area contributed by atoms with Gasteiger partial charge >= 0.3 is 0 Å². The molecule has 1 fully saturated rings. The summed E-state index contributed by atoms with van der Waals surface area (Å²) >= 11 is 7.69. The first-order chi connectivity index (χ1) is 17.3. The van der Waals surface area contributed by atoms with Crippen LogP contribution >= 0.6 is 22.9 Å². The molecule has 0 saturated carbocycles. The van der Waals surface area contributed by atoms with Crippen molar-refractivity contribution >= 4 is 40.4 Å². The van der Waals surface area contributed by atoms with Crippen LogP contribution in [0.25, 0.3) is 0 Å². The molecule has 2 aromatic carbocycles. The average molecular weight is 528 g/mol. The van der Waals surface area contributed by atoms with Crippen LogP contribution in [0.2, 0.25) is 5.02 Å². The number of piperidine rings is 1. The second-order valence-electron chi connectivity index (χ2n) is 9.06. The Kier molecular flexibility index (Phi) is 8.16. The topological polar surface area (TPSA) is 80.8 Å². The maximum atomic E-state index is 13.2. The van der Waals surface area contributed by atoms with Crippen LogP contribution in [-0.4, -0.2) is 47.0 Å². The number of ether oxygens (including phenoxy) is 2. The number of rotatable bonds is 8. The van der Waals surface area contributed by atoms with Gasteiger partial charge in [-0.05, 0) is 57.9 Å². The smallest absolute Gasteiger partial charge is 0.275 e. The van der Waals surface area contributed by atoms with Crippen LogP contribution in [0.4, 0.5) is 5.69 Å². The second-order valence-corrected chi connectivity index (χ2v) is 10.4. The van der Waals surface area contributed by atoms with Crippen molar-refractivity contribution in [1.82, 2.24) is 9.88 Å². The van der Waals surface area contributed by atoms with E-state index in [1.165, 1.54) is 11.3 Å². The third kappa shape index (κ3) is 5.99. The van der Waals surface area contributed by atoms with Crippen molar-refractivity contribution in [3.8, 4) is 11.5 Å². The summed E-state index contributed by atoms with van der Waals surface area (Å²) in [6, 6.07) is 14.5. The number of likely N-dealkylation sites (tertiary alicyclic amines) is 1. The van der Waals surface area contributed by atoms with E-state index in [2.05, 4.69) is 10.3 Å². The third-order valence-corrected chi connectivity index (χ3v) is 7.36. The van der Waals surface area contributed by atoms with Crippen LogP contribution in [0.1, 0.15) is 55.0 Å².